The molecule has 6 heteroatoms. The zero-order chi connectivity index (χ0) is 22.1. The quantitative estimate of drug-likeness (QED) is 0.284. The van der Waals surface area contributed by atoms with Crippen molar-refractivity contribution in [3.63, 3.8) is 0 Å². The molecule has 0 aliphatic heterocycles. The predicted octanol–water partition coefficient (Wildman–Crippen LogP) is 6.66. The number of hydrogen-bond donors (Lipinski definition) is 0. The summed E-state index contributed by atoms with van der Waals surface area (Å²) in [5.74, 6) is 1.13. The molecule has 158 valence electrons. The van der Waals surface area contributed by atoms with Crippen LogP contribution in [-0.4, -0.2) is 5.16 Å². The number of aromatic nitrogens is 1. The van der Waals surface area contributed by atoms with Crippen LogP contribution in [0.4, 0.5) is 0 Å². The summed E-state index contributed by atoms with van der Waals surface area (Å²) >= 11 is 5.99. The second-order valence-corrected chi connectivity index (χ2v) is 7.83. The molecular formula is C26H18ClNO4. The van der Waals surface area contributed by atoms with Gasteiger partial charge in [-0.25, -0.2) is 4.79 Å². The Labute approximate surface area is 188 Å². The second-order valence-electron chi connectivity index (χ2n) is 7.39. The number of rotatable bonds is 5. The molecule has 0 unspecified atom stereocenters. The number of halogens is 1. The lowest BCUT2D eigenvalue weighted by molar-refractivity contribution is 0.304. The number of benzene rings is 3. The van der Waals surface area contributed by atoms with Crippen LogP contribution in [0.1, 0.15) is 11.1 Å². The van der Waals surface area contributed by atoms with E-state index < -0.39 is 5.63 Å². The lowest BCUT2D eigenvalue weighted by atomic mass is 9.96. The Morgan fingerprint density at radius 1 is 0.969 bits per heavy atom. The molecule has 0 radical (unpaired) electrons. The van der Waals surface area contributed by atoms with Crippen molar-refractivity contribution in [1.29, 1.82) is 0 Å². The van der Waals surface area contributed by atoms with Gasteiger partial charge in [0.05, 0.1) is 11.8 Å². The van der Waals surface area contributed by atoms with E-state index in [1.54, 1.807) is 12.3 Å². The van der Waals surface area contributed by atoms with Gasteiger partial charge in [-0.1, -0.05) is 59.2 Å². The number of nitrogens with zero attached hydrogens (tertiary/aromatic N) is 1. The van der Waals surface area contributed by atoms with E-state index in [1.807, 2.05) is 67.6 Å². The third kappa shape index (κ3) is 3.79. The minimum Gasteiger partial charge on any atom is -0.488 e. The number of ether oxygens (including phenoxy) is 1. The van der Waals surface area contributed by atoms with Gasteiger partial charge in [-0.05, 0) is 41.8 Å². The van der Waals surface area contributed by atoms with Gasteiger partial charge in [-0.15, -0.1) is 0 Å². The van der Waals surface area contributed by atoms with Crippen LogP contribution in [-0.2, 0) is 6.61 Å². The second kappa shape index (κ2) is 8.36. The Morgan fingerprint density at radius 2 is 1.75 bits per heavy atom. The molecule has 5 nitrogen and oxygen atoms in total. The minimum atomic E-state index is -0.421. The summed E-state index contributed by atoms with van der Waals surface area (Å²) in [5, 5.41) is 5.30. The topological polar surface area (TPSA) is 65.5 Å². The summed E-state index contributed by atoms with van der Waals surface area (Å²) < 4.78 is 17.3. The van der Waals surface area contributed by atoms with Gasteiger partial charge in [0.2, 0.25) is 0 Å². The molecule has 0 fully saturated rings. The summed E-state index contributed by atoms with van der Waals surface area (Å²) in [6.45, 7) is 2.18. The lowest BCUT2D eigenvalue weighted by Crippen LogP contribution is -2.03. The zero-order valence-electron chi connectivity index (χ0n) is 17.2. The van der Waals surface area contributed by atoms with Gasteiger partial charge in [-0.3, -0.25) is 0 Å². The van der Waals surface area contributed by atoms with Crippen molar-refractivity contribution in [2.24, 2.45) is 0 Å². The van der Waals surface area contributed by atoms with Crippen molar-refractivity contribution in [3.8, 4) is 28.2 Å². The zero-order valence-corrected chi connectivity index (χ0v) is 17.9. The minimum absolute atomic E-state index is 0.313. The van der Waals surface area contributed by atoms with Crippen molar-refractivity contribution in [2.45, 2.75) is 13.5 Å². The molecule has 0 aliphatic carbocycles. The first-order valence-corrected chi connectivity index (χ1v) is 10.4. The third-order valence-corrected chi connectivity index (χ3v) is 5.55. The van der Waals surface area contributed by atoms with Crippen molar-refractivity contribution in [2.75, 3.05) is 0 Å². The number of fused-ring (bicyclic) bond motifs is 1. The van der Waals surface area contributed by atoms with Gasteiger partial charge >= 0.3 is 5.63 Å². The SMILES string of the molecule is Cc1c(OCc2ccc(Cl)cc2)c(-c2ccno2)cc2c(-c3ccccc3)cc(=O)oc12. The van der Waals surface area contributed by atoms with Gasteiger partial charge in [-0.2, -0.15) is 0 Å². The molecular weight excluding hydrogens is 426 g/mol. The average Bonchev–Trinajstić information content (AvgIpc) is 3.35. The Balaban J connectivity index is 1.71. The first-order chi connectivity index (χ1) is 15.6. The van der Waals surface area contributed by atoms with E-state index in [-0.39, 0.29) is 0 Å². The standard InChI is InChI=1S/C26H18ClNO4/c1-16-25(30-15-17-7-9-19(27)10-8-17)22(23-11-12-28-32-23)13-21-20(14-24(29)31-26(16)21)18-5-3-2-4-6-18/h2-14H,15H2,1H3. The molecule has 5 aromatic rings. The fraction of sp³-hybridized carbons (Fsp3) is 0.0769. The van der Waals surface area contributed by atoms with Crippen LogP contribution in [0.5, 0.6) is 5.75 Å². The first-order valence-electron chi connectivity index (χ1n) is 10.1. The Kier molecular flexibility index (Phi) is 5.25. The lowest BCUT2D eigenvalue weighted by Gasteiger charge is -2.16. The molecule has 0 spiro atoms. The molecule has 0 saturated carbocycles. The van der Waals surface area contributed by atoms with Gasteiger partial charge in [0, 0.05) is 28.1 Å². The van der Waals surface area contributed by atoms with E-state index >= 15 is 0 Å². The van der Waals surface area contributed by atoms with E-state index in [1.165, 1.54) is 6.07 Å². The first kappa shape index (κ1) is 20.1. The van der Waals surface area contributed by atoms with Crippen LogP contribution in [0.25, 0.3) is 33.4 Å². The van der Waals surface area contributed by atoms with Gasteiger partial charge in [0.1, 0.15) is 17.9 Å². The van der Waals surface area contributed by atoms with Crippen LogP contribution in [0, 0.1) is 6.92 Å². The Morgan fingerprint density at radius 3 is 2.47 bits per heavy atom. The molecule has 5 rings (SSSR count). The molecule has 32 heavy (non-hydrogen) atoms. The molecule has 2 aromatic heterocycles. The van der Waals surface area contributed by atoms with Crippen LogP contribution in [0.2, 0.25) is 5.02 Å². The fourth-order valence-corrected chi connectivity index (χ4v) is 3.88. The van der Waals surface area contributed by atoms with Crippen LogP contribution in [0.15, 0.2) is 92.7 Å². The maximum Gasteiger partial charge on any atom is 0.336 e. The van der Waals surface area contributed by atoms with E-state index in [2.05, 4.69) is 5.16 Å². The molecule has 0 aliphatic rings. The highest BCUT2D eigenvalue weighted by Gasteiger charge is 2.20. The van der Waals surface area contributed by atoms with Crippen LogP contribution < -0.4 is 10.4 Å². The molecule has 0 amide bonds. The largest absolute Gasteiger partial charge is 0.488 e. The molecule has 2 heterocycles. The normalized spacial score (nSPS) is 11.1. The van der Waals surface area contributed by atoms with E-state index in [0.29, 0.717) is 34.3 Å². The van der Waals surface area contributed by atoms with E-state index in [0.717, 1.165) is 27.6 Å². The van der Waals surface area contributed by atoms with E-state index in [9.17, 15) is 4.79 Å². The summed E-state index contributed by atoms with van der Waals surface area (Å²) in [5.41, 5.74) is 4.15. The van der Waals surface area contributed by atoms with Crippen LogP contribution in [0.3, 0.4) is 0 Å². The van der Waals surface area contributed by atoms with Gasteiger partial charge in [0.15, 0.2) is 5.76 Å². The monoisotopic (exact) mass is 443 g/mol. The summed E-state index contributed by atoms with van der Waals surface area (Å²) in [4.78, 5) is 12.4. The molecule has 0 atom stereocenters. The molecule has 0 bridgehead atoms. The summed E-state index contributed by atoms with van der Waals surface area (Å²) in [6, 6.07) is 22.4. The van der Waals surface area contributed by atoms with Crippen LogP contribution >= 0.6 is 11.6 Å². The van der Waals surface area contributed by atoms with Crippen molar-refractivity contribution >= 4 is 22.6 Å². The van der Waals surface area contributed by atoms with Gasteiger partial charge in [0.25, 0.3) is 0 Å². The number of aryl methyl sites for hydroxylation is 1. The molecule has 3 aromatic carbocycles. The average molecular weight is 444 g/mol. The van der Waals surface area contributed by atoms with E-state index in [4.69, 9.17) is 25.3 Å². The Hall–Kier alpha value is -3.83. The summed E-state index contributed by atoms with van der Waals surface area (Å²) in [6.07, 6.45) is 1.58. The highest BCUT2D eigenvalue weighted by Crippen LogP contribution is 2.41. The Bertz CT molecular complexity index is 1440. The third-order valence-electron chi connectivity index (χ3n) is 5.30. The highest BCUT2D eigenvalue weighted by atomic mass is 35.5. The van der Waals surface area contributed by atoms with Gasteiger partial charge < -0.3 is 13.7 Å². The highest BCUT2D eigenvalue weighted by molar-refractivity contribution is 6.30. The van der Waals surface area contributed by atoms with Crippen molar-refractivity contribution in [3.05, 3.63) is 106 Å². The molecule has 0 N–H and O–H groups in total. The van der Waals surface area contributed by atoms with Crippen molar-refractivity contribution in [1.82, 2.24) is 5.16 Å². The molecule has 0 saturated heterocycles. The maximum absolute atomic E-state index is 12.4. The van der Waals surface area contributed by atoms with Crippen molar-refractivity contribution < 1.29 is 13.7 Å². The fourth-order valence-electron chi connectivity index (χ4n) is 3.76. The number of hydrogen-bond acceptors (Lipinski definition) is 5. The smallest absolute Gasteiger partial charge is 0.336 e. The predicted molar refractivity (Wildman–Crippen MR) is 124 cm³/mol. The maximum atomic E-state index is 12.4. The summed E-state index contributed by atoms with van der Waals surface area (Å²) in [7, 11) is 0.